The molecule has 0 spiro atoms. The highest BCUT2D eigenvalue weighted by atomic mass is 16.4. The van der Waals surface area contributed by atoms with Crippen LogP contribution in [-0.4, -0.2) is 57.8 Å². The predicted octanol–water partition coefficient (Wildman–Crippen LogP) is 1.20. The number of nitrogens with one attached hydrogen (secondary N) is 3. The van der Waals surface area contributed by atoms with Crippen molar-refractivity contribution in [2.45, 2.75) is 0 Å². The van der Waals surface area contributed by atoms with Gasteiger partial charge in [-0.2, -0.15) is 5.10 Å². The molecule has 136 valence electrons. The summed E-state index contributed by atoms with van der Waals surface area (Å²) in [5.74, 6) is -1.49. The number of aliphatic imine (C=N–C) groups is 1. The van der Waals surface area contributed by atoms with Gasteiger partial charge in [0.2, 0.25) is 0 Å². The number of aromatic amines is 1. The molecule has 2 heterocycles. The predicted molar refractivity (Wildman–Crippen MR) is 97.2 cm³/mol. The third kappa shape index (κ3) is 6.11. The second kappa shape index (κ2) is 9.62. The summed E-state index contributed by atoms with van der Waals surface area (Å²) in [5, 5.41) is 29.1. The molecule has 5 N–H and O–H groups in total. The number of hydrogen-bond acceptors (Lipinski definition) is 6. The molecule has 3 rings (SSSR count). The average Bonchev–Trinajstić information content (AvgIpc) is 3.33. The van der Waals surface area contributed by atoms with Crippen LogP contribution in [0.5, 0.6) is 0 Å². The minimum Gasteiger partial charge on any atom is -0.478 e. The molecule has 1 aliphatic heterocycles. The van der Waals surface area contributed by atoms with Gasteiger partial charge in [-0.15, -0.1) is 0 Å². The first-order chi connectivity index (χ1) is 12.6. The Bertz CT molecular complexity index is 783. The molecule has 0 unspecified atom stereocenters. The van der Waals surface area contributed by atoms with Gasteiger partial charge in [-0.05, 0) is 6.07 Å². The molecule has 0 aliphatic carbocycles. The fourth-order valence-corrected chi connectivity index (χ4v) is 2.17. The number of para-hydroxylation sites is 1. The lowest BCUT2D eigenvalue weighted by molar-refractivity contribution is -0.134. The lowest BCUT2D eigenvalue weighted by atomic mass is 10.1. The number of H-pyrrole nitrogens is 1. The molecule has 1 aromatic carbocycles. The van der Waals surface area contributed by atoms with Crippen LogP contribution in [0.1, 0.15) is 0 Å². The maximum atomic E-state index is 9.55. The second-order valence-corrected chi connectivity index (χ2v) is 5.15. The number of hydrogen-bond donors (Lipinski definition) is 5. The molecular formula is C17H19N5O4. The van der Waals surface area contributed by atoms with Crippen LogP contribution >= 0.6 is 0 Å². The summed E-state index contributed by atoms with van der Waals surface area (Å²) in [6.45, 7) is 2.55. The molecule has 0 bridgehead atoms. The molecule has 0 saturated carbocycles. The third-order valence-corrected chi connectivity index (χ3v) is 3.29. The van der Waals surface area contributed by atoms with E-state index in [1.165, 1.54) is 0 Å². The molecule has 1 aromatic heterocycles. The number of aliphatic carboxylic acids is 2. The number of benzene rings is 1. The van der Waals surface area contributed by atoms with Crippen LogP contribution in [-0.2, 0) is 9.59 Å². The summed E-state index contributed by atoms with van der Waals surface area (Å²) in [6, 6.07) is 8.20. The van der Waals surface area contributed by atoms with Gasteiger partial charge in [0.15, 0.2) is 0 Å². The fourth-order valence-electron chi connectivity index (χ4n) is 2.17. The van der Waals surface area contributed by atoms with E-state index in [4.69, 9.17) is 10.2 Å². The highest BCUT2D eigenvalue weighted by molar-refractivity contribution is 5.90. The Morgan fingerprint density at radius 2 is 1.92 bits per heavy atom. The van der Waals surface area contributed by atoms with Crippen molar-refractivity contribution in [2.75, 3.05) is 25.0 Å². The Balaban J connectivity index is 0.000000260. The highest BCUT2D eigenvalue weighted by Gasteiger charge is 2.08. The van der Waals surface area contributed by atoms with Gasteiger partial charge in [-0.1, -0.05) is 18.2 Å². The van der Waals surface area contributed by atoms with Gasteiger partial charge in [-0.25, -0.2) is 9.59 Å². The monoisotopic (exact) mass is 357 g/mol. The largest absolute Gasteiger partial charge is 0.478 e. The van der Waals surface area contributed by atoms with Gasteiger partial charge in [0.25, 0.3) is 0 Å². The van der Waals surface area contributed by atoms with Gasteiger partial charge in [0.1, 0.15) is 5.84 Å². The van der Waals surface area contributed by atoms with E-state index < -0.39 is 11.9 Å². The molecule has 0 atom stereocenters. The van der Waals surface area contributed by atoms with Crippen molar-refractivity contribution in [1.82, 2.24) is 15.5 Å². The van der Waals surface area contributed by atoms with Crippen molar-refractivity contribution in [2.24, 2.45) is 4.99 Å². The number of nitrogens with zero attached hydrogens (tertiary/aromatic N) is 2. The number of carbonyl (C=O) groups is 2. The topological polar surface area (TPSA) is 140 Å². The molecule has 1 aliphatic rings. The molecule has 9 nitrogen and oxygen atoms in total. The Kier molecular flexibility index (Phi) is 6.93. The number of carboxylic acids is 2. The Morgan fingerprint density at radius 3 is 2.50 bits per heavy atom. The van der Waals surface area contributed by atoms with E-state index in [1.54, 1.807) is 0 Å². The van der Waals surface area contributed by atoms with Crippen molar-refractivity contribution >= 4 is 23.5 Å². The number of aromatic nitrogens is 2. The van der Waals surface area contributed by atoms with E-state index in [0.29, 0.717) is 12.2 Å². The lowest BCUT2D eigenvalue weighted by Crippen LogP contribution is -2.26. The van der Waals surface area contributed by atoms with Crippen molar-refractivity contribution in [3.8, 4) is 11.1 Å². The van der Waals surface area contributed by atoms with Crippen LogP contribution in [0.2, 0.25) is 0 Å². The highest BCUT2D eigenvalue weighted by Crippen LogP contribution is 2.26. The van der Waals surface area contributed by atoms with E-state index in [1.807, 2.05) is 24.5 Å². The van der Waals surface area contributed by atoms with E-state index in [9.17, 15) is 9.59 Å². The summed E-state index contributed by atoms with van der Waals surface area (Å²) in [5.41, 5.74) is 3.32. The molecular weight excluding hydrogens is 338 g/mol. The molecule has 26 heavy (non-hydrogen) atoms. The number of amidine groups is 1. The summed E-state index contributed by atoms with van der Waals surface area (Å²) in [4.78, 5) is 23.5. The van der Waals surface area contributed by atoms with Crippen LogP contribution in [0.15, 0.2) is 53.8 Å². The molecule has 0 fully saturated rings. The van der Waals surface area contributed by atoms with Crippen LogP contribution in [0, 0.1) is 0 Å². The Morgan fingerprint density at radius 1 is 1.19 bits per heavy atom. The first kappa shape index (κ1) is 18.7. The lowest BCUT2D eigenvalue weighted by Gasteiger charge is -2.11. The zero-order valence-electron chi connectivity index (χ0n) is 13.8. The van der Waals surface area contributed by atoms with Gasteiger partial charge >= 0.3 is 11.9 Å². The van der Waals surface area contributed by atoms with Crippen LogP contribution < -0.4 is 10.6 Å². The van der Waals surface area contributed by atoms with Crippen LogP contribution in [0.4, 0.5) is 5.69 Å². The smallest absolute Gasteiger partial charge is 0.328 e. The van der Waals surface area contributed by atoms with Gasteiger partial charge in [-0.3, -0.25) is 10.1 Å². The zero-order chi connectivity index (χ0) is 18.8. The Labute approximate surface area is 149 Å². The minimum atomic E-state index is -1.26. The van der Waals surface area contributed by atoms with Crippen molar-refractivity contribution in [3.05, 3.63) is 48.8 Å². The normalized spacial score (nSPS) is 12.7. The first-order valence-electron chi connectivity index (χ1n) is 7.79. The molecule has 9 heteroatoms. The van der Waals surface area contributed by atoms with E-state index in [-0.39, 0.29) is 0 Å². The van der Waals surface area contributed by atoms with Crippen molar-refractivity contribution in [1.29, 1.82) is 0 Å². The maximum Gasteiger partial charge on any atom is 0.328 e. The SMILES string of the molecule is O=C(O)C=CC(=O)O.c1ccc(-c2cn[nH]c2)c(NCC2=NCCN2)c1. The number of anilines is 1. The second-order valence-electron chi connectivity index (χ2n) is 5.15. The van der Waals surface area contributed by atoms with Crippen LogP contribution in [0.3, 0.4) is 0 Å². The summed E-state index contributed by atoms with van der Waals surface area (Å²) in [7, 11) is 0. The summed E-state index contributed by atoms with van der Waals surface area (Å²) in [6.07, 6.45) is 4.84. The quantitative estimate of drug-likeness (QED) is 0.489. The third-order valence-electron chi connectivity index (χ3n) is 3.29. The molecule has 0 radical (unpaired) electrons. The first-order valence-corrected chi connectivity index (χ1v) is 7.79. The maximum absolute atomic E-state index is 9.55. The van der Waals surface area contributed by atoms with Gasteiger partial charge in [0.05, 0.1) is 19.3 Å². The van der Waals surface area contributed by atoms with E-state index in [0.717, 1.165) is 42.3 Å². The average molecular weight is 357 g/mol. The fraction of sp³-hybridized carbons (Fsp3) is 0.176. The van der Waals surface area contributed by atoms with E-state index in [2.05, 4.69) is 38.0 Å². The summed E-state index contributed by atoms with van der Waals surface area (Å²) >= 11 is 0. The molecule has 0 saturated heterocycles. The minimum absolute atomic E-state index is 0.558. The molecule has 0 amide bonds. The number of rotatable bonds is 6. The van der Waals surface area contributed by atoms with Crippen molar-refractivity contribution < 1.29 is 19.8 Å². The molecule has 2 aromatic rings. The number of carboxylic acid groups (broad SMARTS) is 2. The van der Waals surface area contributed by atoms with Crippen molar-refractivity contribution in [3.63, 3.8) is 0 Å². The zero-order valence-corrected chi connectivity index (χ0v) is 13.8. The Hall–Kier alpha value is -3.62. The van der Waals surface area contributed by atoms with E-state index >= 15 is 0 Å². The van der Waals surface area contributed by atoms with Crippen LogP contribution in [0.25, 0.3) is 11.1 Å². The summed E-state index contributed by atoms with van der Waals surface area (Å²) < 4.78 is 0. The standard InChI is InChI=1S/C13H15N5.C4H4O4/c1-2-4-12(16-9-13-14-5-6-15-13)11(3-1)10-7-17-18-8-10;5-3(6)1-2-4(7)8/h1-4,7-8,16H,5-6,9H2,(H,14,15)(H,17,18);1-2H,(H,5,6)(H,7,8). The van der Waals surface area contributed by atoms with Gasteiger partial charge < -0.3 is 20.8 Å². The van der Waals surface area contributed by atoms with Gasteiger partial charge in [0, 0.05) is 41.7 Å².